The molecule has 0 saturated carbocycles. The summed E-state index contributed by atoms with van der Waals surface area (Å²) in [7, 11) is 0. The predicted octanol–water partition coefficient (Wildman–Crippen LogP) is 2.85. The Kier molecular flexibility index (Phi) is 3.13. The molecule has 0 aromatic heterocycles. The zero-order chi connectivity index (χ0) is 11.8. The van der Waals surface area contributed by atoms with Crippen LogP contribution in [0.15, 0.2) is 16.6 Å². The number of benzene rings is 1. The minimum Gasteiger partial charge on any atom is -0.449 e. The predicted molar refractivity (Wildman–Crippen MR) is 66.9 cm³/mol. The van der Waals surface area contributed by atoms with E-state index in [0.29, 0.717) is 6.54 Å². The maximum Gasteiger partial charge on any atom is 0.246 e. The lowest BCUT2D eigenvalue weighted by Crippen LogP contribution is -2.29. The molecule has 0 bridgehead atoms. The van der Waals surface area contributed by atoms with E-state index in [-0.39, 0.29) is 0 Å². The van der Waals surface area contributed by atoms with Crippen LogP contribution in [0.2, 0.25) is 0 Å². The number of aryl methyl sites for hydroxylation is 1. The first kappa shape index (κ1) is 11.7. The van der Waals surface area contributed by atoms with Gasteiger partial charge < -0.3 is 15.2 Å². The van der Waals surface area contributed by atoms with Gasteiger partial charge in [-0.2, -0.15) is 0 Å². The van der Waals surface area contributed by atoms with Gasteiger partial charge in [0, 0.05) is 18.3 Å². The number of rotatable bonds is 3. The smallest absolute Gasteiger partial charge is 0.246 e. The van der Waals surface area contributed by atoms with Gasteiger partial charge in [-0.25, -0.2) is 0 Å². The van der Waals surface area contributed by atoms with Crippen LogP contribution >= 0.6 is 15.9 Å². The second kappa shape index (κ2) is 4.26. The molecule has 0 aliphatic carbocycles. The van der Waals surface area contributed by atoms with Crippen molar-refractivity contribution < 1.29 is 9.47 Å². The molecule has 0 amide bonds. The molecule has 0 fully saturated rings. The van der Waals surface area contributed by atoms with Crippen LogP contribution in [0.25, 0.3) is 0 Å². The Balaban J connectivity index is 2.26. The summed E-state index contributed by atoms with van der Waals surface area (Å²) in [6.07, 6.45) is 1.93. The van der Waals surface area contributed by atoms with Crippen molar-refractivity contribution in [3.05, 3.63) is 22.2 Å². The van der Waals surface area contributed by atoms with E-state index in [0.717, 1.165) is 28.8 Å². The standard InChI is InChI=1S/C12H16BrNO2/c1-12(2)15-10-6-8(4-3-5-14)9(13)7-11(10)16-12/h6-7H,3-5,14H2,1-2H3. The van der Waals surface area contributed by atoms with Gasteiger partial charge >= 0.3 is 0 Å². The normalized spacial score (nSPS) is 16.5. The van der Waals surface area contributed by atoms with E-state index in [1.165, 1.54) is 5.56 Å². The molecule has 0 unspecified atom stereocenters. The zero-order valence-electron chi connectivity index (χ0n) is 9.55. The minimum atomic E-state index is -0.561. The van der Waals surface area contributed by atoms with E-state index >= 15 is 0 Å². The molecule has 0 radical (unpaired) electrons. The topological polar surface area (TPSA) is 44.5 Å². The van der Waals surface area contributed by atoms with Crippen molar-refractivity contribution in [2.45, 2.75) is 32.5 Å². The Morgan fingerprint density at radius 2 is 1.88 bits per heavy atom. The van der Waals surface area contributed by atoms with Gasteiger partial charge in [-0.3, -0.25) is 0 Å². The number of fused-ring (bicyclic) bond motifs is 1. The van der Waals surface area contributed by atoms with Crippen LogP contribution in [0.1, 0.15) is 25.8 Å². The number of hydrogen-bond donors (Lipinski definition) is 1. The molecule has 16 heavy (non-hydrogen) atoms. The van der Waals surface area contributed by atoms with Gasteiger partial charge in [0.2, 0.25) is 5.79 Å². The first-order valence-corrected chi connectivity index (χ1v) is 6.21. The SMILES string of the molecule is CC1(C)Oc2cc(Br)c(CCCN)cc2O1. The van der Waals surface area contributed by atoms with Crippen molar-refractivity contribution in [1.29, 1.82) is 0 Å². The van der Waals surface area contributed by atoms with E-state index in [4.69, 9.17) is 15.2 Å². The highest BCUT2D eigenvalue weighted by atomic mass is 79.9. The Morgan fingerprint density at radius 3 is 2.50 bits per heavy atom. The molecule has 4 heteroatoms. The number of halogens is 1. The maximum atomic E-state index is 5.70. The first-order chi connectivity index (χ1) is 7.52. The van der Waals surface area contributed by atoms with Crippen molar-refractivity contribution in [3.8, 4) is 11.5 Å². The van der Waals surface area contributed by atoms with Gasteiger partial charge in [-0.1, -0.05) is 15.9 Å². The first-order valence-electron chi connectivity index (χ1n) is 5.42. The van der Waals surface area contributed by atoms with Crippen molar-refractivity contribution in [3.63, 3.8) is 0 Å². The molecular weight excluding hydrogens is 270 g/mol. The van der Waals surface area contributed by atoms with E-state index in [2.05, 4.69) is 15.9 Å². The molecule has 0 atom stereocenters. The third kappa shape index (κ3) is 2.33. The summed E-state index contributed by atoms with van der Waals surface area (Å²) in [5.41, 5.74) is 6.72. The highest BCUT2D eigenvalue weighted by Crippen LogP contribution is 2.42. The van der Waals surface area contributed by atoms with E-state index in [1.807, 2.05) is 26.0 Å². The Morgan fingerprint density at radius 1 is 1.25 bits per heavy atom. The second-order valence-electron chi connectivity index (χ2n) is 4.39. The summed E-state index contributed by atoms with van der Waals surface area (Å²) in [6, 6.07) is 4.00. The lowest BCUT2D eigenvalue weighted by molar-refractivity contribution is -0.0431. The average Bonchev–Trinajstić information content (AvgIpc) is 2.47. The molecule has 3 nitrogen and oxygen atoms in total. The molecule has 1 aliphatic heterocycles. The van der Waals surface area contributed by atoms with Crippen LogP contribution in [0.3, 0.4) is 0 Å². The summed E-state index contributed by atoms with van der Waals surface area (Å²) >= 11 is 3.54. The highest BCUT2D eigenvalue weighted by Gasteiger charge is 2.32. The molecule has 2 rings (SSSR count). The zero-order valence-corrected chi connectivity index (χ0v) is 11.1. The molecule has 88 valence electrons. The van der Waals surface area contributed by atoms with Crippen LogP contribution in [0, 0.1) is 0 Å². The van der Waals surface area contributed by atoms with E-state index < -0.39 is 5.79 Å². The van der Waals surface area contributed by atoms with Gasteiger partial charge in [0.1, 0.15) is 0 Å². The van der Waals surface area contributed by atoms with Gasteiger partial charge in [0.25, 0.3) is 0 Å². The van der Waals surface area contributed by atoms with Crippen LogP contribution < -0.4 is 15.2 Å². The molecule has 1 heterocycles. The minimum absolute atomic E-state index is 0.561. The fourth-order valence-corrected chi connectivity index (χ4v) is 2.29. The van der Waals surface area contributed by atoms with Crippen molar-refractivity contribution in [2.75, 3.05) is 6.54 Å². The quantitative estimate of drug-likeness (QED) is 0.929. The molecule has 1 aliphatic rings. The largest absolute Gasteiger partial charge is 0.449 e. The van der Waals surface area contributed by atoms with Gasteiger partial charge in [-0.15, -0.1) is 0 Å². The fraction of sp³-hybridized carbons (Fsp3) is 0.500. The summed E-state index contributed by atoms with van der Waals surface area (Å²) in [5.74, 6) is 1.06. The summed E-state index contributed by atoms with van der Waals surface area (Å²) in [4.78, 5) is 0. The Bertz CT molecular complexity index is 404. The maximum absolute atomic E-state index is 5.70. The van der Waals surface area contributed by atoms with Crippen molar-refractivity contribution in [1.82, 2.24) is 0 Å². The van der Waals surface area contributed by atoms with Crippen LogP contribution in [0.4, 0.5) is 0 Å². The lowest BCUT2D eigenvalue weighted by atomic mass is 10.1. The van der Waals surface area contributed by atoms with Gasteiger partial charge in [0.05, 0.1) is 0 Å². The molecule has 0 saturated heterocycles. The Labute approximate surface area is 104 Å². The molecule has 2 N–H and O–H groups in total. The van der Waals surface area contributed by atoms with E-state index in [1.54, 1.807) is 0 Å². The fourth-order valence-electron chi connectivity index (χ4n) is 1.77. The highest BCUT2D eigenvalue weighted by molar-refractivity contribution is 9.10. The number of nitrogens with two attached hydrogens (primary N) is 1. The third-order valence-corrected chi connectivity index (χ3v) is 3.21. The van der Waals surface area contributed by atoms with Gasteiger partial charge in [-0.05, 0) is 37.1 Å². The van der Waals surface area contributed by atoms with E-state index in [9.17, 15) is 0 Å². The van der Waals surface area contributed by atoms with Crippen molar-refractivity contribution >= 4 is 15.9 Å². The van der Waals surface area contributed by atoms with Crippen LogP contribution in [-0.4, -0.2) is 12.3 Å². The summed E-state index contributed by atoms with van der Waals surface area (Å²) < 4.78 is 12.4. The average molecular weight is 286 g/mol. The second-order valence-corrected chi connectivity index (χ2v) is 5.24. The number of hydrogen-bond acceptors (Lipinski definition) is 3. The van der Waals surface area contributed by atoms with Crippen molar-refractivity contribution in [2.24, 2.45) is 5.73 Å². The summed E-state index contributed by atoms with van der Waals surface area (Å²) in [6.45, 7) is 4.51. The summed E-state index contributed by atoms with van der Waals surface area (Å²) in [5, 5.41) is 0. The van der Waals surface area contributed by atoms with Gasteiger partial charge in [0.15, 0.2) is 11.5 Å². The van der Waals surface area contributed by atoms with Crippen LogP contribution in [-0.2, 0) is 6.42 Å². The third-order valence-electron chi connectivity index (χ3n) is 2.47. The van der Waals surface area contributed by atoms with Crippen LogP contribution in [0.5, 0.6) is 11.5 Å². The molecule has 1 aromatic carbocycles. The Hall–Kier alpha value is -0.740. The molecular formula is C12H16BrNO2. The lowest BCUT2D eigenvalue weighted by Gasteiger charge is -2.16. The monoisotopic (exact) mass is 285 g/mol. The molecule has 1 aromatic rings. The molecule has 0 spiro atoms. The number of ether oxygens (including phenoxy) is 2.